The van der Waals surface area contributed by atoms with Gasteiger partial charge in [-0.25, -0.2) is 9.97 Å². The Hall–Kier alpha value is -2.99. The fourth-order valence-electron chi connectivity index (χ4n) is 2.57. The van der Waals surface area contributed by atoms with E-state index in [-0.39, 0.29) is 12.3 Å². The highest BCUT2D eigenvalue weighted by Gasteiger charge is 2.16. The topological polar surface area (TPSA) is 88.0 Å². The molecule has 0 bridgehead atoms. The van der Waals surface area contributed by atoms with E-state index in [1.54, 1.807) is 30.6 Å². The molecule has 3 rings (SSSR count). The highest BCUT2D eigenvalue weighted by molar-refractivity contribution is 6.30. The fourth-order valence-corrected chi connectivity index (χ4v) is 2.69. The number of carboxylic acids is 1. The molecular weight excluding hydrogens is 352 g/mol. The van der Waals surface area contributed by atoms with Gasteiger partial charge in [0.2, 0.25) is 5.95 Å². The molecule has 0 unspecified atom stereocenters. The van der Waals surface area contributed by atoms with Crippen LogP contribution in [-0.4, -0.2) is 32.6 Å². The summed E-state index contributed by atoms with van der Waals surface area (Å²) in [7, 11) is 0. The summed E-state index contributed by atoms with van der Waals surface area (Å²) in [6.45, 7) is 0.388. The molecule has 2 heterocycles. The molecular formula is C19H17ClN4O2. The van der Waals surface area contributed by atoms with Crippen molar-refractivity contribution in [3.63, 3.8) is 0 Å². The van der Waals surface area contributed by atoms with Gasteiger partial charge in [-0.2, -0.15) is 0 Å². The van der Waals surface area contributed by atoms with Crippen LogP contribution < -0.4 is 5.32 Å². The maximum Gasteiger partial charge on any atom is 0.304 e. The molecule has 0 aliphatic rings. The standard InChI is InChI=1S/C19H17ClN4O2/c20-15-6-4-13(5-7-15)14(11-18(25)26)12-23-19-22-10-8-17(24-19)16-3-1-2-9-21-16/h1-10,14H,11-12H2,(H,25,26)(H,22,23,24)/t14-/m0/s1. The summed E-state index contributed by atoms with van der Waals surface area (Å²) in [6, 6.07) is 14.6. The number of nitrogens with zero attached hydrogens (tertiary/aromatic N) is 3. The number of carboxylic acid groups (broad SMARTS) is 1. The molecule has 1 atom stereocenters. The lowest BCUT2D eigenvalue weighted by atomic mass is 9.96. The molecule has 3 aromatic rings. The number of benzene rings is 1. The van der Waals surface area contributed by atoms with Gasteiger partial charge in [0, 0.05) is 29.9 Å². The fraction of sp³-hybridized carbons (Fsp3) is 0.158. The van der Waals surface area contributed by atoms with E-state index in [0.717, 1.165) is 11.3 Å². The minimum absolute atomic E-state index is 0.00539. The van der Waals surface area contributed by atoms with Gasteiger partial charge in [-0.15, -0.1) is 0 Å². The highest BCUT2D eigenvalue weighted by Crippen LogP contribution is 2.22. The van der Waals surface area contributed by atoms with Crippen molar-refractivity contribution in [1.82, 2.24) is 15.0 Å². The number of hydrogen-bond acceptors (Lipinski definition) is 5. The predicted octanol–water partition coefficient (Wildman–Crippen LogP) is 3.86. The lowest BCUT2D eigenvalue weighted by Gasteiger charge is -2.16. The van der Waals surface area contributed by atoms with E-state index in [9.17, 15) is 9.90 Å². The van der Waals surface area contributed by atoms with E-state index in [1.807, 2.05) is 30.3 Å². The van der Waals surface area contributed by atoms with E-state index in [4.69, 9.17) is 11.6 Å². The normalized spacial score (nSPS) is 11.7. The summed E-state index contributed by atoms with van der Waals surface area (Å²) >= 11 is 5.91. The molecule has 0 fully saturated rings. The average molecular weight is 369 g/mol. The summed E-state index contributed by atoms with van der Waals surface area (Å²) in [5, 5.41) is 12.9. The Morgan fingerprint density at radius 1 is 1.04 bits per heavy atom. The Morgan fingerprint density at radius 2 is 1.85 bits per heavy atom. The number of aliphatic carboxylic acids is 1. The number of hydrogen-bond donors (Lipinski definition) is 2. The number of nitrogens with one attached hydrogen (secondary N) is 1. The second-order valence-electron chi connectivity index (χ2n) is 5.71. The highest BCUT2D eigenvalue weighted by atomic mass is 35.5. The third-order valence-corrected chi connectivity index (χ3v) is 4.10. The Balaban J connectivity index is 1.74. The van der Waals surface area contributed by atoms with E-state index in [1.165, 1.54) is 0 Å². The van der Waals surface area contributed by atoms with Crippen LogP contribution in [0.1, 0.15) is 17.9 Å². The van der Waals surface area contributed by atoms with Crippen molar-refractivity contribution >= 4 is 23.5 Å². The molecule has 0 amide bonds. The van der Waals surface area contributed by atoms with Gasteiger partial charge in [0.15, 0.2) is 0 Å². The van der Waals surface area contributed by atoms with Gasteiger partial charge in [-0.05, 0) is 35.9 Å². The molecule has 132 valence electrons. The zero-order chi connectivity index (χ0) is 18.4. The van der Waals surface area contributed by atoms with E-state index >= 15 is 0 Å². The van der Waals surface area contributed by atoms with Gasteiger partial charge in [0.25, 0.3) is 0 Å². The smallest absolute Gasteiger partial charge is 0.304 e. The van der Waals surface area contributed by atoms with Crippen LogP contribution in [0.2, 0.25) is 5.02 Å². The summed E-state index contributed by atoms with van der Waals surface area (Å²) in [5.74, 6) is -0.667. The Morgan fingerprint density at radius 3 is 2.54 bits per heavy atom. The van der Waals surface area contributed by atoms with E-state index in [2.05, 4.69) is 20.3 Å². The molecule has 0 radical (unpaired) electrons. The molecule has 0 aliphatic carbocycles. The molecule has 1 aromatic carbocycles. The van der Waals surface area contributed by atoms with E-state index in [0.29, 0.717) is 23.2 Å². The van der Waals surface area contributed by atoms with Crippen molar-refractivity contribution in [1.29, 1.82) is 0 Å². The minimum atomic E-state index is -0.866. The van der Waals surface area contributed by atoms with Gasteiger partial charge in [-0.3, -0.25) is 9.78 Å². The van der Waals surface area contributed by atoms with Crippen LogP contribution in [0.4, 0.5) is 5.95 Å². The summed E-state index contributed by atoms with van der Waals surface area (Å²) < 4.78 is 0. The molecule has 2 N–H and O–H groups in total. The number of anilines is 1. The number of halogens is 1. The molecule has 0 saturated carbocycles. The first-order valence-electron chi connectivity index (χ1n) is 8.07. The zero-order valence-corrected chi connectivity index (χ0v) is 14.6. The van der Waals surface area contributed by atoms with Gasteiger partial charge in [-0.1, -0.05) is 29.8 Å². The molecule has 0 aliphatic heterocycles. The summed E-state index contributed by atoms with van der Waals surface area (Å²) in [6.07, 6.45) is 3.34. The first-order valence-corrected chi connectivity index (χ1v) is 8.45. The van der Waals surface area contributed by atoms with Crippen LogP contribution in [0, 0.1) is 0 Å². The second-order valence-corrected chi connectivity index (χ2v) is 6.14. The van der Waals surface area contributed by atoms with Gasteiger partial charge in [0.05, 0.1) is 17.8 Å². The lowest BCUT2D eigenvalue weighted by Crippen LogP contribution is -2.17. The summed E-state index contributed by atoms with van der Waals surface area (Å²) in [4.78, 5) is 24.1. The van der Waals surface area contributed by atoms with Crippen molar-refractivity contribution < 1.29 is 9.90 Å². The van der Waals surface area contributed by atoms with Crippen LogP contribution in [-0.2, 0) is 4.79 Å². The van der Waals surface area contributed by atoms with Crippen LogP contribution >= 0.6 is 11.6 Å². The SMILES string of the molecule is O=C(O)C[C@@H](CNc1nccc(-c2ccccn2)n1)c1ccc(Cl)cc1. The third-order valence-electron chi connectivity index (χ3n) is 3.85. The molecule has 0 saturated heterocycles. The number of pyridine rings is 1. The van der Waals surface area contributed by atoms with Crippen LogP contribution in [0.5, 0.6) is 0 Å². The third kappa shape index (κ3) is 4.77. The monoisotopic (exact) mass is 368 g/mol. The number of aromatic nitrogens is 3. The number of carbonyl (C=O) groups is 1. The molecule has 7 heteroatoms. The lowest BCUT2D eigenvalue weighted by molar-refractivity contribution is -0.137. The van der Waals surface area contributed by atoms with Crippen molar-refractivity contribution in [3.8, 4) is 11.4 Å². The second kappa shape index (κ2) is 8.40. The molecule has 6 nitrogen and oxygen atoms in total. The quantitative estimate of drug-likeness (QED) is 0.658. The van der Waals surface area contributed by atoms with Crippen LogP contribution in [0.3, 0.4) is 0 Å². The maximum absolute atomic E-state index is 11.2. The Bertz CT molecular complexity index is 872. The largest absolute Gasteiger partial charge is 0.481 e. The van der Waals surface area contributed by atoms with Crippen molar-refractivity contribution in [2.24, 2.45) is 0 Å². The first-order chi connectivity index (χ1) is 12.6. The van der Waals surface area contributed by atoms with Crippen LogP contribution in [0.15, 0.2) is 60.9 Å². The Labute approximate surface area is 155 Å². The van der Waals surface area contributed by atoms with Crippen molar-refractivity contribution in [3.05, 3.63) is 71.5 Å². The van der Waals surface area contributed by atoms with Crippen molar-refractivity contribution in [2.45, 2.75) is 12.3 Å². The predicted molar refractivity (Wildman–Crippen MR) is 100 cm³/mol. The van der Waals surface area contributed by atoms with E-state index < -0.39 is 5.97 Å². The minimum Gasteiger partial charge on any atom is -0.481 e. The van der Waals surface area contributed by atoms with Gasteiger partial charge in [0.1, 0.15) is 0 Å². The molecule has 26 heavy (non-hydrogen) atoms. The average Bonchev–Trinajstić information content (AvgIpc) is 2.66. The zero-order valence-electron chi connectivity index (χ0n) is 13.8. The van der Waals surface area contributed by atoms with Crippen LogP contribution in [0.25, 0.3) is 11.4 Å². The first kappa shape index (κ1) is 17.8. The number of rotatable bonds is 7. The van der Waals surface area contributed by atoms with Gasteiger partial charge < -0.3 is 10.4 Å². The molecule has 0 spiro atoms. The maximum atomic E-state index is 11.2. The van der Waals surface area contributed by atoms with Crippen molar-refractivity contribution in [2.75, 3.05) is 11.9 Å². The van der Waals surface area contributed by atoms with Gasteiger partial charge >= 0.3 is 5.97 Å². The summed E-state index contributed by atoms with van der Waals surface area (Å²) in [5.41, 5.74) is 2.34. The molecule has 2 aromatic heterocycles. The Kier molecular flexibility index (Phi) is 5.76.